The molecule has 1 fully saturated rings. The highest BCUT2D eigenvalue weighted by atomic mass is 16.7. The number of ether oxygens (including phenoxy) is 2. The number of hydroxylamine groups is 2. The van der Waals surface area contributed by atoms with Crippen molar-refractivity contribution >= 4 is 18.2 Å². The fourth-order valence-corrected chi connectivity index (χ4v) is 2.25. The van der Waals surface area contributed by atoms with Crippen LogP contribution in [0.5, 0.6) is 0 Å². The van der Waals surface area contributed by atoms with Crippen LogP contribution in [0.3, 0.4) is 0 Å². The molecule has 134 valence electrons. The average molecular weight is 340 g/mol. The van der Waals surface area contributed by atoms with Crippen molar-refractivity contribution in [1.82, 2.24) is 9.96 Å². The molecule has 0 aromatic rings. The Bertz CT molecular complexity index is 544. The van der Waals surface area contributed by atoms with Crippen LogP contribution < -0.4 is 0 Å². The standard InChI is InChI=1S/C16H24N2O6/c1-15(2,3)22-13(20)17(14(21)23-16(4,5)6)12(19)18-10-7-8-11(9-10)24-18/h7-8,10-11H,9H2,1-6H3. The molecule has 2 bridgehead atoms. The molecular formula is C16H24N2O6. The van der Waals surface area contributed by atoms with Gasteiger partial charge in [0.2, 0.25) is 0 Å². The minimum atomic E-state index is -1.10. The van der Waals surface area contributed by atoms with Crippen LogP contribution >= 0.6 is 0 Å². The molecule has 0 radical (unpaired) electrons. The van der Waals surface area contributed by atoms with Crippen LogP contribution in [0.15, 0.2) is 12.2 Å². The highest BCUT2D eigenvalue weighted by Crippen LogP contribution is 2.30. The quantitative estimate of drug-likeness (QED) is 0.629. The second-order valence-corrected chi connectivity index (χ2v) is 7.74. The number of fused-ring (bicyclic) bond motifs is 2. The molecule has 1 aliphatic carbocycles. The van der Waals surface area contributed by atoms with Crippen LogP contribution in [0.1, 0.15) is 48.0 Å². The predicted molar refractivity (Wildman–Crippen MR) is 84.0 cm³/mol. The van der Waals surface area contributed by atoms with Gasteiger partial charge in [0.1, 0.15) is 17.3 Å². The lowest BCUT2D eigenvalue weighted by atomic mass is 10.2. The molecule has 0 N–H and O–H groups in total. The van der Waals surface area contributed by atoms with Crippen molar-refractivity contribution in [3.8, 4) is 0 Å². The molecule has 0 saturated carbocycles. The van der Waals surface area contributed by atoms with Gasteiger partial charge >= 0.3 is 18.2 Å². The molecule has 4 amide bonds. The lowest BCUT2D eigenvalue weighted by Crippen LogP contribution is -2.53. The lowest BCUT2D eigenvalue weighted by Gasteiger charge is -2.31. The molecule has 2 aliphatic rings. The Labute approximate surface area is 141 Å². The number of carbonyl (C=O) groups excluding carboxylic acids is 3. The summed E-state index contributed by atoms with van der Waals surface area (Å²) in [7, 11) is 0. The largest absolute Gasteiger partial charge is 0.443 e. The number of urea groups is 1. The summed E-state index contributed by atoms with van der Waals surface area (Å²) in [5.74, 6) is 0. The topological polar surface area (TPSA) is 85.4 Å². The Balaban J connectivity index is 2.21. The second kappa shape index (κ2) is 6.08. The number of hydrogen-bond donors (Lipinski definition) is 0. The van der Waals surface area contributed by atoms with Crippen molar-refractivity contribution < 1.29 is 28.7 Å². The first kappa shape index (κ1) is 18.3. The number of nitrogens with zero attached hydrogens (tertiary/aromatic N) is 2. The van der Waals surface area contributed by atoms with E-state index in [1.807, 2.05) is 6.08 Å². The predicted octanol–water partition coefficient (Wildman–Crippen LogP) is 3.22. The molecule has 8 nitrogen and oxygen atoms in total. The van der Waals surface area contributed by atoms with E-state index in [0.29, 0.717) is 11.3 Å². The molecule has 0 aromatic carbocycles. The van der Waals surface area contributed by atoms with Gasteiger partial charge in [-0.1, -0.05) is 12.2 Å². The molecule has 2 rings (SSSR count). The SMILES string of the molecule is CC(C)(C)OC(=O)N(C(=O)OC(C)(C)C)C(=O)N1OC2C=CC1C2. The van der Waals surface area contributed by atoms with Gasteiger partial charge in [-0.05, 0) is 41.5 Å². The summed E-state index contributed by atoms with van der Waals surface area (Å²) in [6.45, 7) is 9.83. The Morgan fingerprint density at radius 1 is 1.00 bits per heavy atom. The van der Waals surface area contributed by atoms with Crippen molar-refractivity contribution in [3.05, 3.63) is 12.2 Å². The number of amides is 4. The van der Waals surface area contributed by atoms with Gasteiger partial charge in [0.25, 0.3) is 0 Å². The zero-order chi connectivity index (χ0) is 18.3. The van der Waals surface area contributed by atoms with Crippen molar-refractivity contribution in [2.45, 2.75) is 71.3 Å². The number of rotatable bonds is 0. The zero-order valence-electron chi connectivity index (χ0n) is 14.9. The van der Waals surface area contributed by atoms with Crippen molar-refractivity contribution in [2.24, 2.45) is 0 Å². The molecule has 2 atom stereocenters. The maximum Gasteiger partial charge on any atom is 0.428 e. The molecule has 2 unspecified atom stereocenters. The number of hydrogen-bond acceptors (Lipinski definition) is 6. The smallest absolute Gasteiger partial charge is 0.428 e. The highest BCUT2D eigenvalue weighted by molar-refractivity contribution is 6.05. The van der Waals surface area contributed by atoms with Gasteiger partial charge in [0, 0.05) is 6.42 Å². The monoisotopic (exact) mass is 340 g/mol. The van der Waals surface area contributed by atoms with Crippen molar-refractivity contribution in [2.75, 3.05) is 0 Å². The number of imide groups is 3. The van der Waals surface area contributed by atoms with E-state index >= 15 is 0 Å². The van der Waals surface area contributed by atoms with E-state index in [2.05, 4.69) is 0 Å². The van der Waals surface area contributed by atoms with Crippen molar-refractivity contribution in [3.63, 3.8) is 0 Å². The first-order valence-corrected chi connectivity index (χ1v) is 7.82. The summed E-state index contributed by atoms with van der Waals surface area (Å²) in [6.07, 6.45) is 1.81. The fourth-order valence-electron chi connectivity index (χ4n) is 2.25. The Morgan fingerprint density at radius 2 is 1.50 bits per heavy atom. The highest BCUT2D eigenvalue weighted by Gasteiger charge is 2.46. The van der Waals surface area contributed by atoms with Crippen molar-refractivity contribution in [1.29, 1.82) is 0 Å². The van der Waals surface area contributed by atoms with E-state index < -0.39 is 29.4 Å². The Kier molecular flexibility index (Phi) is 4.63. The maximum atomic E-state index is 12.7. The van der Waals surface area contributed by atoms with Gasteiger partial charge in [-0.2, -0.15) is 5.06 Å². The Morgan fingerprint density at radius 3 is 1.83 bits per heavy atom. The van der Waals surface area contributed by atoms with Crippen LogP contribution in [0.2, 0.25) is 0 Å². The van der Waals surface area contributed by atoms with Gasteiger partial charge in [0.05, 0.1) is 6.04 Å². The molecule has 24 heavy (non-hydrogen) atoms. The van der Waals surface area contributed by atoms with Gasteiger partial charge < -0.3 is 9.47 Å². The van der Waals surface area contributed by atoms with Crippen LogP contribution in [0, 0.1) is 0 Å². The van der Waals surface area contributed by atoms with E-state index in [1.54, 1.807) is 47.6 Å². The minimum absolute atomic E-state index is 0.224. The summed E-state index contributed by atoms with van der Waals surface area (Å²) in [4.78, 5) is 43.2. The Hall–Kier alpha value is -2.09. The van der Waals surface area contributed by atoms with Gasteiger partial charge in [-0.15, -0.1) is 4.90 Å². The van der Waals surface area contributed by atoms with E-state index in [9.17, 15) is 14.4 Å². The summed E-state index contributed by atoms with van der Waals surface area (Å²) < 4.78 is 10.3. The molecular weight excluding hydrogens is 316 g/mol. The van der Waals surface area contributed by atoms with E-state index in [4.69, 9.17) is 14.3 Å². The van der Waals surface area contributed by atoms with Crippen LogP contribution in [-0.2, 0) is 14.3 Å². The van der Waals surface area contributed by atoms with Gasteiger partial charge in [0.15, 0.2) is 0 Å². The maximum absolute atomic E-state index is 12.7. The molecule has 8 heteroatoms. The summed E-state index contributed by atoms with van der Waals surface area (Å²) in [6, 6.07) is -1.23. The minimum Gasteiger partial charge on any atom is -0.443 e. The van der Waals surface area contributed by atoms with Gasteiger partial charge in [-0.25, -0.2) is 14.4 Å². The third kappa shape index (κ3) is 4.25. The zero-order valence-corrected chi connectivity index (χ0v) is 14.9. The van der Waals surface area contributed by atoms with Crippen LogP contribution in [0.25, 0.3) is 0 Å². The molecule has 1 aliphatic heterocycles. The fraction of sp³-hybridized carbons (Fsp3) is 0.688. The number of carbonyl (C=O) groups is 3. The van der Waals surface area contributed by atoms with Crippen LogP contribution in [-0.4, -0.2) is 51.5 Å². The van der Waals surface area contributed by atoms with E-state index in [-0.39, 0.29) is 12.1 Å². The third-order valence-corrected chi connectivity index (χ3v) is 3.10. The van der Waals surface area contributed by atoms with Crippen LogP contribution in [0.4, 0.5) is 14.4 Å². The van der Waals surface area contributed by atoms with E-state index in [0.717, 1.165) is 5.06 Å². The first-order chi connectivity index (χ1) is 10.9. The summed E-state index contributed by atoms with van der Waals surface area (Å²) >= 11 is 0. The molecule has 1 saturated heterocycles. The first-order valence-electron chi connectivity index (χ1n) is 7.82. The average Bonchev–Trinajstić information content (AvgIpc) is 2.95. The molecule has 0 aromatic heterocycles. The van der Waals surface area contributed by atoms with E-state index in [1.165, 1.54) is 0 Å². The van der Waals surface area contributed by atoms with Gasteiger partial charge in [-0.3, -0.25) is 4.84 Å². The lowest BCUT2D eigenvalue weighted by molar-refractivity contribution is -0.116. The molecule has 0 spiro atoms. The summed E-state index contributed by atoms with van der Waals surface area (Å²) in [5, 5.41) is 1.01. The summed E-state index contributed by atoms with van der Waals surface area (Å²) in [5.41, 5.74) is -1.75. The third-order valence-electron chi connectivity index (χ3n) is 3.10. The second-order valence-electron chi connectivity index (χ2n) is 7.74. The molecule has 1 heterocycles. The normalized spacial score (nSPS) is 22.5.